The zero-order valence-electron chi connectivity index (χ0n) is 10.1. The molecule has 1 radical (unpaired) electrons. The number of nitrogens with zero attached hydrogens (tertiary/aromatic N) is 2. The average Bonchev–Trinajstić information content (AvgIpc) is 2.85. The van der Waals surface area contributed by atoms with E-state index in [1.807, 2.05) is 45.0 Å². The third-order valence-corrected chi connectivity index (χ3v) is 1.19. The summed E-state index contributed by atoms with van der Waals surface area (Å²) in [5.74, 6) is 0. The molecule has 1 aromatic rings. The van der Waals surface area contributed by atoms with E-state index in [1.54, 1.807) is 0 Å². The van der Waals surface area contributed by atoms with Crippen LogP contribution in [-0.2, 0) is 49.5 Å². The van der Waals surface area contributed by atoms with Gasteiger partial charge in [0, 0.05) is 0 Å². The van der Waals surface area contributed by atoms with Crippen molar-refractivity contribution in [3.63, 3.8) is 0 Å². The van der Waals surface area contributed by atoms with Gasteiger partial charge in [0.05, 0.1) is 13.6 Å². The number of carbonyl (C=O) groups excluding carboxylic acids is 4. The van der Waals surface area contributed by atoms with E-state index in [4.69, 9.17) is 19.2 Å². The van der Waals surface area contributed by atoms with Gasteiger partial charge < -0.3 is 19.2 Å². The molecule has 0 atom stereocenters. The average molecular weight is 290 g/mol. The van der Waals surface area contributed by atoms with Crippen LogP contribution in [0.4, 0.5) is 0 Å². The number of hydrogen-bond acceptors (Lipinski definition) is 4. The molecule has 0 N–H and O–H groups in total. The first-order chi connectivity index (χ1) is 7.83. The number of rotatable bonds is 1. The Morgan fingerprint density at radius 2 is 1.35 bits per heavy atom. The summed E-state index contributed by atoms with van der Waals surface area (Å²) in [5, 5.41) is 0. The van der Waals surface area contributed by atoms with Gasteiger partial charge in [0.2, 0.25) is 6.33 Å². The second-order valence-electron chi connectivity index (χ2n) is 1.91. The largest absolute Gasteiger partial charge is 2.00 e. The van der Waals surface area contributed by atoms with Crippen molar-refractivity contribution in [2.75, 3.05) is 0 Å². The van der Waals surface area contributed by atoms with Crippen LogP contribution >= 0.6 is 0 Å². The molecule has 99 valence electrons. The Bertz CT molecular complexity index is 226. The SMILES string of the molecule is C=O.C=O.C=O.C=O.CCn1cc[n+](C)c1.[Co+2]. The maximum absolute atomic E-state index is 8.00. The van der Waals surface area contributed by atoms with Gasteiger partial charge in [-0.05, 0) is 6.92 Å². The summed E-state index contributed by atoms with van der Waals surface area (Å²) in [5.41, 5.74) is 0. The minimum Gasteiger partial charge on any atom is -0.307 e. The Morgan fingerprint density at radius 3 is 1.47 bits per heavy atom. The van der Waals surface area contributed by atoms with Gasteiger partial charge in [0.1, 0.15) is 39.5 Å². The Balaban J connectivity index is -0.0000000462. The Hall–Kier alpha value is -1.60. The van der Waals surface area contributed by atoms with E-state index in [0.717, 1.165) is 6.54 Å². The smallest absolute Gasteiger partial charge is 0.307 e. The zero-order valence-corrected chi connectivity index (χ0v) is 11.2. The summed E-state index contributed by atoms with van der Waals surface area (Å²) in [7, 11) is 2.02. The Kier molecular flexibility index (Phi) is 63.6. The molecule has 0 aliphatic heterocycles. The molecule has 7 heteroatoms. The van der Waals surface area contributed by atoms with Crippen molar-refractivity contribution in [2.24, 2.45) is 7.05 Å². The minimum atomic E-state index is 0. The predicted molar refractivity (Wildman–Crippen MR) is 59.8 cm³/mol. The number of aryl methyl sites for hydroxylation is 2. The zero-order chi connectivity index (χ0) is 14.0. The fourth-order valence-corrected chi connectivity index (χ4v) is 0.689. The van der Waals surface area contributed by atoms with Crippen LogP contribution in [0.2, 0.25) is 0 Å². The molecule has 0 aliphatic rings. The molecule has 17 heavy (non-hydrogen) atoms. The van der Waals surface area contributed by atoms with Crippen LogP contribution in [0.15, 0.2) is 18.7 Å². The molecule has 1 heterocycles. The Labute approximate surface area is 112 Å². The van der Waals surface area contributed by atoms with Gasteiger partial charge in [0.15, 0.2) is 0 Å². The van der Waals surface area contributed by atoms with Crippen LogP contribution < -0.4 is 4.57 Å². The van der Waals surface area contributed by atoms with Crippen LogP contribution in [0.5, 0.6) is 0 Å². The summed E-state index contributed by atoms with van der Waals surface area (Å²) >= 11 is 0. The van der Waals surface area contributed by atoms with E-state index in [-0.39, 0.29) is 16.8 Å². The van der Waals surface area contributed by atoms with E-state index >= 15 is 0 Å². The quantitative estimate of drug-likeness (QED) is 0.659. The number of hydrogen-bond donors (Lipinski definition) is 0. The molecular weight excluding hydrogens is 271 g/mol. The maximum atomic E-state index is 8.00. The van der Waals surface area contributed by atoms with Gasteiger partial charge in [-0.3, -0.25) is 0 Å². The monoisotopic (exact) mass is 290 g/mol. The fraction of sp³-hybridized carbons (Fsp3) is 0.300. The summed E-state index contributed by atoms with van der Waals surface area (Å²) < 4.78 is 4.16. The first-order valence-corrected chi connectivity index (χ1v) is 3.99. The van der Waals surface area contributed by atoms with Crippen molar-refractivity contribution >= 4 is 27.2 Å². The molecule has 0 saturated carbocycles. The Morgan fingerprint density at radius 1 is 1.00 bits per heavy atom. The van der Waals surface area contributed by atoms with Gasteiger partial charge >= 0.3 is 16.8 Å². The van der Waals surface area contributed by atoms with E-state index in [2.05, 4.69) is 24.0 Å². The van der Waals surface area contributed by atoms with Crippen LogP contribution in [0.1, 0.15) is 6.92 Å². The van der Waals surface area contributed by atoms with Crippen molar-refractivity contribution in [2.45, 2.75) is 13.5 Å². The molecule has 0 aliphatic carbocycles. The maximum Gasteiger partial charge on any atom is 2.00 e. The molecule has 0 unspecified atom stereocenters. The summed E-state index contributed by atoms with van der Waals surface area (Å²) in [6.07, 6.45) is 6.14. The van der Waals surface area contributed by atoms with Gasteiger partial charge in [-0.15, -0.1) is 0 Å². The third-order valence-electron chi connectivity index (χ3n) is 1.19. The second kappa shape index (κ2) is 36.6. The molecule has 0 saturated heterocycles. The summed E-state index contributed by atoms with van der Waals surface area (Å²) in [6, 6.07) is 0. The third kappa shape index (κ3) is 25.1. The van der Waals surface area contributed by atoms with E-state index < -0.39 is 0 Å². The molecule has 0 spiro atoms. The fourth-order valence-electron chi connectivity index (χ4n) is 0.689. The molecule has 1 aromatic heterocycles. The topological polar surface area (TPSA) is 77.1 Å². The molecule has 0 fully saturated rings. The van der Waals surface area contributed by atoms with Crippen molar-refractivity contribution in [1.29, 1.82) is 0 Å². The summed E-state index contributed by atoms with van der Waals surface area (Å²) in [4.78, 5) is 32.0. The minimum absolute atomic E-state index is 0. The van der Waals surface area contributed by atoms with E-state index in [0.29, 0.717) is 0 Å². The van der Waals surface area contributed by atoms with Crippen molar-refractivity contribution in [1.82, 2.24) is 4.57 Å². The van der Waals surface area contributed by atoms with Crippen molar-refractivity contribution < 1.29 is 40.5 Å². The molecule has 0 aromatic carbocycles. The molecule has 0 amide bonds. The van der Waals surface area contributed by atoms with Gasteiger partial charge in [0.25, 0.3) is 0 Å². The van der Waals surface area contributed by atoms with E-state index in [1.165, 1.54) is 0 Å². The normalized spacial score (nSPS) is 5.53. The molecule has 6 nitrogen and oxygen atoms in total. The number of aromatic nitrogens is 2. The van der Waals surface area contributed by atoms with Crippen LogP contribution in [0.3, 0.4) is 0 Å². The van der Waals surface area contributed by atoms with Gasteiger partial charge in [-0.1, -0.05) is 0 Å². The number of carbonyl (C=O) groups is 4. The van der Waals surface area contributed by atoms with Crippen molar-refractivity contribution in [3.05, 3.63) is 18.7 Å². The van der Waals surface area contributed by atoms with Crippen LogP contribution in [0, 0.1) is 0 Å². The second-order valence-corrected chi connectivity index (χ2v) is 1.91. The predicted octanol–water partition coefficient (Wildman–Crippen LogP) is -0.410. The number of imidazole rings is 1. The molecule has 0 bridgehead atoms. The van der Waals surface area contributed by atoms with Crippen LogP contribution in [-0.4, -0.2) is 31.7 Å². The summed E-state index contributed by atoms with van der Waals surface area (Å²) in [6.45, 7) is 11.2. The molecule has 1 rings (SSSR count). The standard InChI is InChI=1S/C6H11N2.4CH2O.Co/c1-3-8-5-4-7(2)6-8;4*1-2;/h4-6H,3H2,1-2H3;4*1H2;/q+1;;;;;+2. The van der Waals surface area contributed by atoms with Gasteiger partial charge in [-0.2, -0.15) is 0 Å². The first-order valence-electron chi connectivity index (χ1n) is 3.99. The van der Waals surface area contributed by atoms with E-state index in [9.17, 15) is 0 Å². The van der Waals surface area contributed by atoms with Gasteiger partial charge in [-0.25, -0.2) is 9.13 Å². The van der Waals surface area contributed by atoms with Crippen molar-refractivity contribution in [3.8, 4) is 0 Å². The molecular formula is C10H19CoN2O4+3. The van der Waals surface area contributed by atoms with Crippen LogP contribution in [0.25, 0.3) is 0 Å². The first kappa shape index (κ1) is 29.5.